The molecule has 0 saturated heterocycles. The quantitative estimate of drug-likeness (QED) is 0.911. The van der Waals surface area contributed by atoms with Gasteiger partial charge in [0, 0.05) is 4.88 Å². The molecule has 1 aliphatic heterocycles. The molecule has 1 aliphatic carbocycles. The Morgan fingerprint density at radius 2 is 2.04 bits per heavy atom. The molecule has 2 aromatic rings. The summed E-state index contributed by atoms with van der Waals surface area (Å²) in [6, 6.07) is 9.53. The summed E-state index contributed by atoms with van der Waals surface area (Å²) in [5, 5.41) is 12.9. The average Bonchev–Trinajstić information content (AvgIpc) is 3.14. The Balaban J connectivity index is 1.56. The van der Waals surface area contributed by atoms with Crippen LogP contribution in [-0.4, -0.2) is 18.1 Å². The van der Waals surface area contributed by atoms with E-state index in [1.807, 2.05) is 18.2 Å². The molecule has 1 N–H and O–H groups in total. The van der Waals surface area contributed by atoms with Gasteiger partial charge in [0.2, 0.25) is 6.10 Å². The van der Waals surface area contributed by atoms with Crippen molar-refractivity contribution in [3.8, 4) is 17.6 Å². The SMILES string of the molecule is C[C@H]1Oc2ccccc2O[C@H]1C(=O)Nc1sc2c(c1C#N)CCC2. The summed E-state index contributed by atoms with van der Waals surface area (Å²) in [5.41, 5.74) is 1.70. The Hall–Kier alpha value is -2.52. The van der Waals surface area contributed by atoms with Gasteiger partial charge in [0.05, 0.1) is 5.56 Å². The number of aryl methyl sites for hydroxylation is 1. The highest BCUT2D eigenvalue weighted by Crippen LogP contribution is 2.39. The van der Waals surface area contributed by atoms with Crippen LogP contribution in [0.25, 0.3) is 0 Å². The van der Waals surface area contributed by atoms with Crippen molar-refractivity contribution in [3.05, 3.63) is 40.3 Å². The monoisotopic (exact) mass is 340 g/mol. The first-order chi connectivity index (χ1) is 11.7. The number of nitrogens with one attached hydrogen (secondary N) is 1. The van der Waals surface area contributed by atoms with Crippen LogP contribution in [0.1, 0.15) is 29.3 Å². The number of amides is 1. The smallest absolute Gasteiger partial charge is 0.270 e. The van der Waals surface area contributed by atoms with Crippen LogP contribution in [0, 0.1) is 11.3 Å². The fraction of sp³-hybridized carbons (Fsp3) is 0.333. The lowest BCUT2D eigenvalue weighted by atomic mass is 10.1. The molecule has 4 rings (SSSR count). The number of anilines is 1. The van der Waals surface area contributed by atoms with E-state index in [0.717, 1.165) is 24.8 Å². The van der Waals surface area contributed by atoms with Crippen molar-refractivity contribution < 1.29 is 14.3 Å². The summed E-state index contributed by atoms with van der Waals surface area (Å²) in [6.07, 6.45) is 1.83. The highest BCUT2D eigenvalue weighted by Gasteiger charge is 2.35. The van der Waals surface area contributed by atoms with Gasteiger partial charge in [-0.3, -0.25) is 4.79 Å². The zero-order chi connectivity index (χ0) is 16.7. The number of benzene rings is 1. The van der Waals surface area contributed by atoms with E-state index >= 15 is 0 Å². The molecule has 0 unspecified atom stereocenters. The number of thiophene rings is 1. The highest BCUT2D eigenvalue weighted by molar-refractivity contribution is 7.16. The van der Waals surface area contributed by atoms with Crippen molar-refractivity contribution >= 4 is 22.2 Å². The Kier molecular flexibility index (Phi) is 3.66. The third-order valence-electron chi connectivity index (χ3n) is 4.37. The maximum atomic E-state index is 12.7. The number of rotatable bonds is 2. The van der Waals surface area contributed by atoms with Crippen LogP contribution in [-0.2, 0) is 17.6 Å². The number of hydrogen-bond acceptors (Lipinski definition) is 5. The van der Waals surface area contributed by atoms with Crippen LogP contribution in [0.15, 0.2) is 24.3 Å². The summed E-state index contributed by atoms with van der Waals surface area (Å²) >= 11 is 1.50. The molecule has 1 aromatic carbocycles. The lowest BCUT2D eigenvalue weighted by molar-refractivity contribution is -0.127. The summed E-state index contributed by atoms with van der Waals surface area (Å²) in [6.45, 7) is 1.81. The van der Waals surface area contributed by atoms with Crippen LogP contribution in [0.2, 0.25) is 0 Å². The van der Waals surface area contributed by atoms with E-state index in [-0.39, 0.29) is 5.91 Å². The van der Waals surface area contributed by atoms with Gasteiger partial charge in [-0.15, -0.1) is 11.3 Å². The molecule has 1 aromatic heterocycles. The molecule has 0 bridgehead atoms. The maximum absolute atomic E-state index is 12.7. The van der Waals surface area contributed by atoms with Crippen LogP contribution in [0.4, 0.5) is 5.00 Å². The number of nitriles is 1. The zero-order valence-corrected chi connectivity index (χ0v) is 14.0. The number of nitrogens with zero attached hydrogens (tertiary/aromatic N) is 1. The van der Waals surface area contributed by atoms with Crippen LogP contribution >= 0.6 is 11.3 Å². The van der Waals surface area contributed by atoms with Gasteiger partial charge in [-0.05, 0) is 43.9 Å². The van der Waals surface area contributed by atoms with Crippen molar-refractivity contribution in [2.45, 2.75) is 38.4 Å². The fourth-order valence-corrected chi connectivity index (χ4v) is 4.44. The van der Waals surface area contributed by atoms with E-state index < -0.39 is 12.2 Å². The van der Waals surface area contributed by atoms with Crippen molar-refractivity contribution in [2.24, 2.45) is 0 Å². The Morgan fingerprint density at radius 3 is 2.79 bits per heavy atom. The second-order valence-corrected chi connectivity index (χ2v) is 7.08. The van der Waals surface area contributed by atoms with Crippen molar-refractivity contribution in [1.82, 2.24) is 0 Å². The molecule has 24 heavy (non-hydrogen) atoms. The third kappa shape index (κ3) is 2.42. The van der Waals surface area contributed by atoms with E-state index in [4.69, 9.17) is 9.47 Å². The van der Waals surface area contributed by atoms with Gasteiger partial charge >= 0.3 is 0 Å². The van der Waals surface area contributed by atoms with Gasteiger partial charge in [-0.25, -0.2) is 0 Å². The summed E-state index contributed by atoms with van der Waals surface area (Å²) < 4.78 is 11.6. The second kappa shape index (κ2) is 5.84. The Morgan fingerprint density at radius 1 is 1.29 bits per heavy atom. The van der Waals surface area contributed by atoms with Crippen LogP contribution in [0.5, 0.6) is 11.5 Å². The topological polar surface area (TPSA) is 71.3 Å². The summed E-state index contributed by atoms with van der Waals surface area (Å²) in [5.74, 6) is 0.917. The second-order valence-electron chi connectivity index (χ2n) is 5.97. The van der Waals surface area contributed by atoms with Crippen molar-refractivity contribution in [3.63, 3.8) is 0 Å². The zero-order valence-electron chi connectivity index (χ0n) is 13.2. The van der Waals surface area contributed by atoms with E-state index in [9.17, 15) is 10.1 Å². The highest BCUT2D eigenvalue weighted by atomic mass is 32.1. The largest absolute Gasteiger partial charge is 0.482 e. The molecular weight excluding hydrogens is 324 g/mol. The van der Waals surface area contributed by atoms with E-state index in [0.29, 0.717) is 22.1 Å². The number of hydrogen-bond donors (Lipinski definition) is 1. The lowest BCUT2D eigenvalue weighted by Gasteiger charge is -2.30. The first kappa shape index (κ1) is 15.0. The van der Waals surface area contributed by atoms with Crippen molar-refractivity contribution in [2.75, 3.05) is 5.32 Å². The Labute approximate surface area is 143 Å². The standard InChI is InChI=1S/C18H16N2O3S/c1-10-16(23-14-7-3-2-6-13(14)22-10)17(21)20-18-12(9-19)11-5-4-8-15(11)24-18/h2-3,6-7,10,16H,4-5,8H2,1H3,(H,20,21)/t10-,16-/m1/s1. The molecule has 0 spiro atoms. The van der Waals surface area contributed by atoms with Gasteiger partial charge in [-0.2, -0.15) is 5.26 Å². The van der Waals surface area contributed by atoms with Gasteiger partial charge in [0.1, 0.15) is 17.2 Å². The molecule has 0 radical (unpaired) electrons. The van der Waals surface area contributed by atoms with Crippen molar-refractivity contribution in [1.29, 1.82) is 5.26 Å². The third-order valence-corrected chi connectivity index (χ3v) is 5.58. The molecule has 2 atom stereocenters. The van der Waals surface area contributed by atoms with E-state index in [2.05, 4.69) is 11.4 Å². The number of carbonyl (C=O) groups is 1. The minimum absolute atomic E-state index is 0.284. The first-order valence-electron chi connectivity index (χ1n) is 7.95. The van der Waals surface area contributed by atoms with Gasteiger partial charge in [0.15, 0.2) is 11.5 Å². The van der Waals surface area contributed by atoms with Gasteiger partial charge < -0.3 is 14.8 Å². The average molecular weight is 340 g/mol. The molecule has 0 fully saturated rings. The van der Waals surface area contributed by atoms with E-state index in [1.165, 1.54) is 16.2 Å². The molecule has 0 saturated carbocycles. The molecule has 5 nitrogen and oxygen atoms in total. The summed E-state index contributed by atoms with van der Waals surface area (Å²) in [7, 11) is 0. The van der Waals surface area contributed by atoms with Gasteiger partial charge in [0.25, 0.3) is 5.91 Å². The molecule has 122 valence electrons. The number of carbonyl (C=O) groups excluding carboxylic acids is 1. The molecule has 6 heteroatoms. The minimum Gasteiger partial charge on any atom is -0.482 e. The molecule has 1 amide bonds. The minimum atomic E-state index is -0.747. The Bertz CT molecular complexity index is 852. The fourth-order valence-electron chi connectivity index (χ4n) is 3.20. The normalized spacial score (nSPS) is 21.0. The van der Waals surface area contributed by atoms with Gasteiger partial charge in [-0.1, -0.05) is 12.1 Å². The predicted octanol–water partition coefficient (Wildman–Crippen LogP) is 3.28. The van der Waals surface area contributed by atoms with Crippen LogP contribution in [0.3, 0.4) is 0 Å². The number of fused-ring (bicyclic) bond motifs is 2. The summed E-state index contributed by atoms with van der Waals surface area (Å²) in [4.78, 5) is 13.9. The number of ether oxygens (including phenoxy) is 2. The predicted molar refractivity (Wildman–Crippen MR) is 90.6 cm³/mol. The van der Waals surface area contributed by atoms with E-state index in [1.54, 1.807) is 13.0 Å². The molecule has 2 heterocycles. The molecular formula is C18H16N2O3S. The maximum Gasteiger partial charge on any atom is 0.270 e. The van der Waals surface area contributed by atoms with Crippen LogP contribution < -0.4 is 14.8 Å². The molecule has 2 aliphatic rings. The number of para-hydroxylation sites is 2. The first-order valence-corrected chi connectivity index (χ1v) is 8.77. The lowest BCUT2D eigenvalue weighted by Crippen LogP contribution is -2.46.